The molecule has 0 aliphatic heterocycles. The van der Waals surface area contributed by atoms with Gasteiger partial charge in [-0.05, 0) is 49.9 Å². The van der Waals surface area contributed by atoms with Crippen LogP contribution in [0.25, 0.3) is 0 Å². The Balaban J connectivity index is 2.43. The van der Waals surface area contributed by atoms with Crippen molar-refractivity contribution < 1.29 is 4.74 Å². The van der Waals surface area contributed by atoms with Crippen LogP contribution >= 0.6 is 0 Å². The number of para-hydroxylation sites is 1. The monoisotopic (exact) mass is 269 g/mol. The molecule has 2 aromatic carbocycles. The number of hydrogen-bond acceptors (Lipinski definition) is 2. The van der Waals surface area contributed by atoms with Gasteiger partial charge in [0, 0.05) is 11.6 Å². The molecule has 0 radical (unpaired) electrons. The minimum Gasteiger partial charge on any atom is -0.456 e. The molecular weight excluding hydrogens is 246 g/mol. The number of hydrogen-bond donors (Lipinski definition) is 1. The summed E-state index contributed by atoms with van der Waals surface area (Å²) in [7, 11) is 0. The Morgan fingerprint density at radius 3 is 2.35 bits per heavy atom. The van der Waals surface area contributed by atoms with Gasteiger partial charge < -0.3 is 10.5 Å². The number of aryl methyl sites for hydroxylation is 2. The molecule has 0 heterocycles. The van der Waals surface area contributed by atoms with E-state index in [9.17, 15) is 0 Å². The van der Waals surface area contributed by atoms with E-state index in [4.69, 9.17) is 10.5 Å². The molecule has 1 atom stereocenters. The molecule has 0 saturated carbocycles. The second-order valence-electron chi connectivity index (χ2n) is 5.31. The van der Waals surface area contributed by atoms with Gasteiger partial charge in [-0.2, -0.15) is 0 Å². The number of rotatable bonds is 4. The normalized spacial score (nSPS) is 12.2. The summed E-state index contributed by atoms with van der Waals surface area (Å²) in [4.78, 5) is 0. The SMILES string of the molecule is CC[C@H](N)c1ccccc1Oc1c(C)ccc(C)c1C. The first-order valence-electron chi connectivity index (χ1n) is 7.13. The van der Waals surface area contributed by atoms with Gasteiger partial charge >= 0.3 is 0 Å². The first kappa shape index (κ1) is 14.6. The van der Waals surface area contributed by atoms with Gasteiger partial charge in [0.05, 0.1) is 0 Å². The standard InChI is InChI=1S/C18H23NO/c1-5-16(19)15-8-6-7-9-17(15)20-18-13(3)11-10-12(2)14(18)4/h6-11,16H,5,19H2,1-4H3/t16-/m0/s1. The highest BCUT2D eigenvalue weighted by molar-refractivity contribution is 5.48. The van der Waals surface area contributed by atoms with Crippen molar-refractivity contribution in [2.24, 2.45) is 5.73 Å². The Morgan fingerprint density at radius 1 is 1.00 bits per heavy atom. The van der Waals surface area contributed by atoms with Crippen LogP contribution in [-0.4, -0.2) is 0 Å². The van der Waals surface area contributed by atoms with Crippen molar-refractivity contribution in [1.29, 1.82) is 0 Å². The summed E-state index contributed by atoms with van der Waals surface area (Å²) in [5.74, 6) is 1.81. The van der Waals surface area contributed by atoms with Crippen LogP contribution in [-0.2, 0) is 0 Å². The minimum absolute atomic E-state index is 0.0108. The van der Waals surface area contributed by atoms with Gasteiger partial charge in [0.25, 0.3) is 0 Å². The molecule has 106 valence electrons. The van der Waals surface area contributed by atoms with Crippen LogP contribution in [0.1, 0.15) is 41.6 Å². The molecule has 2 heteroatoms. The molecule has 0 bridgehead atoms. The van der Waals surface area contributed by atoms with E-state index in [-0.39, 0.29) is 6.04 Å². The van der Waals surface area contributed by atoms with Crippen LogP contribution in [0.15, 0.2) is 36.4 Å². The number of nitrogens with two attached hydrogens (primary N) is 1. The van der Waals surface area contributed by atoms with E-state index in [1.807, 2.05) is 24.3 Å². The maximum Gasteiger partial charge on any atom is 0.133 e. The fourth-order valence-corrected chi connectivity index (χ4v) is 2.29. The Hall–Kier alpha value is -1.80. The molecule has 0 amide bonds. The summed E-state index contributed by atoms with van der Waals surface area (Å²) in [6, 6.07) is 12.3. The second-order valence-corrected chi connectivity index (χ2v) is 5.31. The molecule has 0 aromatic heterocycles. The third kappa shape index (κ3) is 2.86. The predicted molar refractivity (Wildman–Crippen MR) is 84.4 cm³/mol. The lowest BCUT2D eigenvalue weighted by Crippen LogP contribution is -2.10. The van der Waals surface area contributed by atoms with Gasteiger partial charge in [-0.3, -0.25) is 0 Å². The van der Waals surface area contributed by atoms with Crippen molar-refractivity contribution in [3.05, 3.63) is 58.7 Å². The molecule has 20 heavy (non-hydrogen) atoms. The minimum atomic E-state index is 0.0108. The van der Waals surface area contributed by atoms with E-state index in [2.05, 4.69) is 39.8 Å². The molecule has 0 spiro atoms. The quantitative estimate of drug-likeness (QED) is 0.864. The van der Waals surface area contributed by atoms with E-state index in [1.165, 1.54) is 11.1 Å². The lowest BCUT2D eigenvalue weighted by atomic mass is 10.0. The van der Waals surface area contributed by atoms with Gasteiger partial charge in [-0.1, -0.05) is 37.3 Å². The molecular formula is C18H23NO. The van der Waals surface area contributed by atoms with E-state index >= 15 is 0 Å². The topological polar surface area (TPSA) is 35.2 Å². The highest BCUT2D eigenvalue weighted by Crippen LogP contribution is 2.34. The Morgan fingerprint density at radius 2 is 1.65 bits per heavy atom. The molecule has 0 saturated heterocycles. The zero-order valence-electron chi connectivity index (χ0n) is 12.7. The van der Waals surface area contributed by atoms with Crippen LogP contribution in [0, 0.1) is 20.8 Å². The summed E-state index contributed by atoms with van der Waals surface area (Å²) in [5.41, 5.74) is 10.8. The van der Waals surface area contributed by atoms with E-state index in [1.54, 1.807) is 0 Å². The average molecular weight is 269 g/mol. The summed E-state index contributed by atoms with van der Waals surface area (Å²) in [6.45, 7) is 8.36. The maximum absolute atomic E-state index is 6.19. The zero-order chi connectivity index (χ0) is 14.7. The third-order valence-corrected chi connectivity index (χ3v) is 3.84. The van der Waals surface area contributed by atoms with Crippen molar-refractivity contribution in [2.45, 2.75) is 40.2 Å². The summed E-state index contributed by atoms with van der Waals surface area (Å²) in [6.07, 6.45) is 0.895. The van der Waals surface area contributed by atoms with Gasteiger partial charge in [0.15, 0.2) is 0 Å². The van der Waals surface area contributed by atoms with Crippen molar-refractivity contribution in [3.8, 4) is 11.5 Å². The first-order valence-corrected chi connectivity index (χ1v) is 7.13. The Labute approximate surface area is 121 Å². The molecule has 0 unspecified atom stereocenters. The van der Waals surface area contributed by atoms with Gasteiger partial charge in [-0.25, -0.2) is 0 Å². The van der Waals surface area contributed by atoms with Crippen LogP contribution in [0.3, 0.4) is 0 Å². The molecule has 2 N–H and O–H groups in total. The third-order valence-electron chi connectivity index (χ3n) is 3.84. The largest absolute Gasteiger partial charge is 0.456 e. The summed E-state index contributed by atoms with van der Waals surface area (Å²) >= 11 is 0. The fourth-order valence-electron chi connectivity index (χ4n) is 2.29. The second kappa shape index (κ2) is 6.10. The van der Waals surface area contributed by atoms with Gasteiger partial charge in [-0.15, -0.1) is 0 Å². The maximum atomic E-state index is 6.19. The van der Waals surface area contributed by atoms with Gasteiger partial charge in [0.2, 0.25) is 0 Å². The van der Waals surface area contributed by atoms with Crippen LogP contribution in [0.2, 0.25) is 0 Å². The van der Waals surface area contributed by atoms with E-state index < -0.39 is 0 Å². The summed E-state index contributed by atoms with van der Waals surface area (Å²) in [5, 5.41) is 0. The smallest absolute Gasteiger partial charge is 0.133 e. The van der Waals surface area contributed by atoms with Crippen molar-refractivity contribution in [3.63, 3.8) is 0 Å². The average Bonchev–Trinajstić information content (AvgIpc) is 2.47. The van der Waals surface area contributed by atoms with Crippen molar-refractivity contribution in [1.82, 2.24) is 0 Å². The first-order chi connectivity index (χ1) is 9.54. The summed E-state index contributed by atoms with van der Waals surface area (Å²) < 4.78 is 6.19. The molecule has 0 aliphatic rings. The lowest BCUT2D eigenvalue weighted by molar-refractivity contribution is 0.461. The molecule has 2 aromatic rings. The van der Waals surface area contributed by atoms with Gasteiger partial charge in [0.1, 0.15) is 11.5 Å². The Bertz CT molecular complexity index is 604. The number of benzene rings is 2. The van der Waals surface area contributed by atoms with Crippen molar-refractivity contribution >= 4 is 0 Å². The highest BCUT2D eigenvalue weighted by atomic mass is 16.5. The zero-order valence-corrected chi connectivity index (χ0v) is 12.7. The fraction of sp³-hybridized carbons (Fsp3) is 0.333. The molecule has 2 rings (SSSR count). The molecule has 0 fully saturated rings. The lowest BCUT2D eigenvalue weighted by Gasteiger charge is -2.18. The number of ether oxygens (including phenoxy) is 1. The van der Waals surface area contributed by atoms with Crippen LogP contribution < -0.4 is 10.5 Å². The van der Waals surface area contributed by atoms with E-state index in [0.29, 0.717) is 0 Å². The molecule has 0 aliphatic carbocycles. The Kier molecular flexibility index (Phi) is 4.46. The van der Waals surface area contributed by atoms with Crippen LogP contribution in [0.4, 0.5) is 0 Å². The van der Waals surface area contributed by atoms with E-state index in [0.717, 1.165) is 29.0 Å². The predicted octanol–water partition coefficient (Wildman–Crippen LogP) is 4.81. The van der Waals surface area contributed by atoms with Crippen molar-refractivity contribution in [2.75, 3.05) is 0 Å². The highest BCUT2D eigenvalue weighted by Gasteiger charge is 2.13. The molecule has 2 nitrogen and oxygen atoms in total. The van der Waals surface area contributed by atoms with Crippen LogP contribution in [0.5, 0.6) is 11.5 Å².